The highest BCUT2D eigenvalue weighted by Crippen LogP contribution is 2.24. The van der Waals surface area contributed by atoms with Gasteiger partial charge in [0.05, 0.1) is 4.92 Å². The number of hydrogen-bond acceptors (Lipinski definition) is 6. The number of ether oxygens (including phenoxy) is 1. The van der Waals surface area contributed by atoms with Crippen LogP contribution in [0.1, 0.15) is 20.7 Å². The Morgan fingerprint density at radius 3 is 1.79 bits per heavy atom. The molecule has 0 saturated carbocycles. The van der Waals surface area contributed by atoms with Crippen LogP contribution >= 0.6 is 0 Å². The lowest BCUT2D eigenvalue weighted by Gasteiger charge is -2.36. The lowest BCUT2D eigenvalue weighted by atomic mass is 10.1. The highest BCUT2D eigenvalue weighted by Gasteiger charge is 2.22. The Morgan fingerprint density at radius 2 is 1.30 bits per heavy atom. The van der Waals surface area contributed by atoms with Crippen LogP contribution in [0.3, 0.4) is 0 Å². The maximum Gasteiger partial charge on any atom is 0.269 e. The lowest BCUT2D eigenvalue weighted by Crippen LogP contribution is -2.48. The number of hydrogen-bond donors (Lipinski definition) is 1. The SMILES string of the molecule is NC(=O)c1ccc(Oc2ccc(C(=O)N3CCN(c4ccc([N+](=O)[O-])cc4)CC3)cc2)cc1. The third kappa shape index (κ3) is 5.09. The summed E-state index contributed by atoms with van der Waals surface area (Å²) in [5.41, 5.74) is 7.16. The number of amides is 2. The second kappa shape index (κ2) is 9.39. The first kappa shape index (κ1) is 21.8. The molecule has 0 bridgehead atoms. The number of primary amides is 1. The van der Waals surface area contributed by atoms with Gasteiger partial charge in [0.15, 0.2) is 0 Å². The number of anilines is 1. The Hall–Kier alpha value is -4.40. The van der Waals surface area contributed by atoms with Crippen molar-refractivity contribution in [1.29, 1.82) is 0 Å². The quantitative estimate of drug-likeness (QED) is 0.458. The van der Waals surface area contributed by atoms with Gasteiger partial charge in [-0.25, -0.2) is 0 Å². The molecule has 1 fully saturated rings. The van der Waals surface area contributed by atoms with Gasteiger partial charge >= 0.3 is 0 Å². The molecule has 3 aromatic rings. The van der Waals surface area contributed by atoms with E-state index in [9.17, 15) is 19.7 Å². The Morgan fingerprint density at radius 1 is 0.788 bits per heavy atom. The fraction of sp³-hybridized carbons (Fsp3) is 0.167. The molecule has 9 nitrogen and oxygen atoms in total. The van der Waals surface area contributed by atoms with Crippen molar-refractivity contribution in [3.63, 3.8) is 0 Å². The first-order valence-corrected chi connectivity index (χ1v) is 10.4. The number of non-ortho nitro benzene ring substituents is 1. The lowest BCUT2D eigenvalue weighted by molar-refractivity contribution is -0.384. The summed E-state index contributed by atoms with van der Waals surface area (Å²) in [7, 11) is 0. The van der Waals surface area contributed by atoms with Gasteiger partial charge in [-0.2, -0.15) is 0 Å². The van der Waals surface area contributed by atoms with Crippen molar-refractivity contribution < 1.29 is 19.2 Å². The third-order valence-electron chi connectivity index (χ3n) is 5.47. The van der Waals surface area contributed by atoms with Crippen LogP contribution in [0.15, 0.2) is 72.8 Å². The van der Waals surface area contributed by atoms with Gasteiger partial charge < -0.3 is 20.3 Å². The van der Waals surface area contributed by atoms with E-state index in [-0.39, 0.29) is 11.6 Å². The maximum absolute atomic E-state index is 12.9. The van der Waals surface area contributed by atoms with Gasteiger partial charge in [0, 0.05) is 55.1 Å². The summed E-state index contributed by atoms with van der Waals surface area (Å²) in [4.78, 5) is 38.3. The summed E-state index contributed by atoms with van der Waals surface area (Å²) < 4.78 is 5.75. The molecule has 4 rings (SSSR count). The first-order chi connectivity index (χ1) is 15.9. The molecule has 33 heavy (non-hydrogen) atoms. The molecule has 2 N–H and O–H groups in total. The molecule has 3 aromatic carbocycles. The molecule has 0 aliphatic carbocycles. The van der Waals surface area contributed by atoms with E-state index in [0.717, 1.165) is 5.69 Å². The molecule has 1 saturated heterocycles. The maximum atomic E-state index is 12.9. The predicted octanol–water partition coefficient (Wildman–Crippen LogP) is 3.45. The van der Waals surface area contributed by atoms with Gasteiger partial charge in [0.2, 0.25) is 5.91 Å². The van der Waals surface area contributed by atoms with Crippen LogP contribution in [0.5, 0.6) is 11.5 Å². The first-order valence-electron chi connectivity index (χ1n) is 10.4. The number of piperazine rings is 1. The second-order valence-corrected chi connectivity index (χ2v) is 7.57. The molecular weight excluding hydrogens is 424 g/mol. The van der Waals surface area contributed by atoms with Gasteiger partial charge in [-0.1, -0.05) is 0 Å². The topological polar surface area (TPSA) is 119 Å². The summed E-state index contributed by atoms with van der Waals surface area (Å²) in [6.45, 7) is 2.40. The van der Waals surface area contributed by atoms with E-state index in [1.54, 1.807) is 65.6 Å². The van der Waals surface area contributed by atoms with Crippen LogP contribution in [0.4, 0.5) is 11.4 Å². The third-order valence-corrected chi connectivity index (χ3v) is 5.47. The molecule has 0 aromatic heterocycles. The van der Waals surface area contributed by atoms with Crippen LogP contribution in [0, 0.1) is 10.1 Å². The number of nitro groups is 1. The second-order valence-electron chi connectivity index (χ2n) is 7.57. The minimum absolute atomic E-state index is 0.0580. The summed E-state index contributed by atoms with van der Waals surface area (Å²) >= 11 is 0. The summed E-state index contributed by atoms with van der Waals surface area (Å²) in [5.74, 6) is 0.566. The number of nitro benzene ring substituents is 1. The van der Waals surface area contributed by atoms with E-state index in [1.165, 1.54) is 12.1 Å². The van der Waals surface area contributed by atoms with Gasteiger partial charge in [-0.15, -0.1) is 0 Å². The van der Waals surface area contributed by atoms with E-state index < -0.39 is 10.8 Å². The van der Waals surface area contributed by atoms with Crippen molar-refractivity contribution in [2.45, 2.75) is 0 Å². The van der Waals surface area contributed by atoms with Gasteiger partial charge in [0.1, 0.15) is 11.5 Å². The highest BCUT2D eigenvalue weighted by molar-refractivity contribution is 5.94. The molecule has 2 amide bonds. The zero-order chi connectivity index (χ0) is 23.4. The van der Waals surface area contributed by atoms with E-state index in [4.69, 9.17) is 10.5 Å². The van der Waals surface area contributed by atoms with Crippen molar-refractivity contribution in [2.75, 3.05) is 31.1 Å². The number of nitrogens with zero attached hydrogens (tertiary/aromatic N) is 3. The number of rotatable bonds is 6. The molecule has 0 unspecified atom stereocenters. The van der Waals surface area contributed by atoms with Crippen molar-refractivity contribution in [2.24, 2.45) is 5.73 Å². The molecule has 0 spiro atoms. The molecule has 1 aliphatic heterocycles. The Bertz CT molecular complexity index is 1150. The van der Waals surface area contributed by atoms with Crippen molar-refractivity contribution in [3.05, 3.63) is 94.0 Å². The van der Waals surface area contributed by atoms with Crippen LogP contribution < -0.4 is 15.4 Å². The molecule has 1 heterocycles. The Balaban J connectivity index is 1.33. The Labute approximate surface area is 190 Å². The van der Waals surface area contributed by atoms with Gasteiger partial charge in [-0.05, 0) is 60.7 Å². The number of nitrogens with two attached hydrogens (primary N) is 1. The monoisotopic (exact) mass is 446 g/mol. The van der Waals surface area contributed by atoms with E-state index in [1.807, 2.05) is 0 Å². The molecule has 168 valence electrons. The van der Waals surface area contributed by atoms with Crippen molar-refractivity contribution >= 4 is 23.2 Å². The van der Waals surface area contributed by atoms with Crippen molar-refractivity contribution in [1.82, 2.24) is 4.90 Å². The molecule has 0 radical (unpaired) electrons. The highest BCUT2D eigenvalue weighted by atomic mass is 16.6. The standard InChI is InChI=1S/C24H22N4O5/c25-23(29)17-1-9-21(10-2-17)33-22-11-3-18(4-12-22)24(30)27-15-13-26(14-16-27)19-5-7-20(8-6-19)28(31)32/h1-12H,13-16H2,(H2,25,29). The number of carbonyl (C=O) groups excluding carboxylic acids is 2. The van der Waals surface area contributed by atoms with Crippen LogP contribution in [0.25, 0.3) is 0 Å². The molecule has 9 heteroatoms. The minimum atomic E-state index is -0.502. The molecular formula is C24H22N4O5. The van der Waals surface area contributed by atoms with Gasteiger partial charge in [0.25, 0.3) is 11.6 Å². The predicted molar refractivity (Wildman–Crippen MR) is 123 cm³/mol. The molecule has 1 aliphatic rings. The molecule has 0 atom stereocenters. The largest absolute Gasteiger partial charge is 0.457 e. The van der Waals surface area contributed by atoms with E-state index >= 15 is 0 Å². The Kier molecular flexibility index (Phi) is 6.21. The zero-order valence-corrected chi connectivity index (χ0v) is 17.7. The minimum Gasteiger partial charge on any atom is -0.457 e. The summed E-state index contributed by atoms with van der Waals surface area (Å²) in [5, 5.41) is 10.8. The van der Waals surface area contributed by atoms with Gasteiger partial charge in [-0.3, -0.25) is 19.7 Å². The normalized spacial score (nSPS) is 13.5. The average molecular weight is 446 g/mol. The summed E-state index contributed by atoms with van der Waals surface area (Å²) in [6, 6.07) is 19.8. The summed E-state index contributed by atoms with van der Waals surface area (Å²) in [6.07, 6.45) is 0. The van der Waals surface area contributed by atoms with E-state index in [0.29, 0.717) is 48.8 Å². The fourth-order valence-corrected chi connectivity index (χ4v) is 3.62. The van der Waals surface area contributed by atoms with Crippen LogP contribution in [-0.4, -0.2) is 47.8 Å². The number of benzene rings is 3. The van der Waals surface area contributed by atoms with Crippen molar-refractivity contribution in [3.8, 4) is 11.5 Å². The van der Waals surface area contributed by atoms with Crippen LogP contribution in [-0.2, 0) is 0 Å². The fourth-order valence-electron chi connectivity index (χ4n) is 3.62. The van der Waals surface area contributed by atoms with E-state index in [2.05, 4.69) is 4.90 Å². The smallest absolute Gasteiger partial charge is 0.269 e. The average Bonchev–Trinajstić information content (AvgIpc) is 2.84. The number of carbonyl (C=O) groups is 2. The zero-order valence-electron chi connectivity index (χ0n) is 17.7. The van der Waals surface area contributed by atoms with Crippen LogP contribution in [0.2, 0.25) is 0 Å².